The number of primary amides is 1. The van der Waals surface area contributed by atoms with Crippen LogP contribution in [0.15, 0.2) is 91.0 Å². The van der Waals surface area contributed by atoms with E-state index in [4.69, 9.17) is 10.5 Å². The zero-order chi connectivity index (χ0) is 36.0. The molecule has 10 nitrogen and oxygen atoms in total. The normalized spacial score (nSPS) is 15.1. The fourth-order valence-electron chi connectivity index (χ4n) is 5.55. The van der Waals surface area contributed by atoms with E-state index in [2.05, 4.69) is 16.0 Å². The number of aliphatic hydroxyl groups excluding tert-OH is 1. The highest BCUT2D eigenvalue weighted by molar-refractivity contribution is 5.92. The number of rotatable bonds is 17. The van der Waals surface area contributed by atoms with Gasteiger partial charge >= 0.3 is 6.09 Å². The summed E-state index contributed by atoms with van der Waals surface area (Å²) in [6.07, 6.45) is -0.475. The van der Waals surface area contributed by atoms with Crippen molar-refractivity contribution in [2.45, 2.75) is 96.6 Å². The lowest BCUT2D eigenvalue weighted by molar-refractivity contribution is -0.134. The van der Waals surface area contributed by atoms with E-state index in [0.29, 0.717) is 12.8 Å². The second-order valence-electron chi connectivity index (χ2n) is 13.7. The van der Waals surface area contributed by atoms with Gasteiger partial charge in [-0.05, 0) is 62.6 Å². The zero-order valence-corrected chi connectivity index (χ0v) is 29.2. The summed E-state index contributed by atoms with van der Waals surface area (Å²) in [5.41, 5.74) is 7.52. The average Bonchev–Trinajstić information content (AvgIpc) is 3.06. The molecule has 0 fully saturated rings. The number of hydrogen-bond donors (Lipinski definition) is 5. The van der Waals surface area contributed by atoms with Gasteiger partial charge in [0.05, 0.1) is 12.1 Å². The number of hydrogen-bond acceptors (Lipinski definition) is 6. The Kier molecular flexibility index (Phi) is 14.8. The van der Waals surface area contributed by atoms with Crippen molar-refractivity contribution in [3.63, 3.8) is 0 Å². The molecule has 0 unspecified atom stereocenters. The molecule has 0 spiro atoms. The van der Waals surface area contributed by atoms with E-state index in [1.165, 1.54) is 0 Å². The third-order valence-corrected chi connectivity index (χ3v) is 8.42. The number of alkyl carbamates (subject to hydrolysis) is 1. The highest BCUT2D eigenvalue weighted by atomic mass is 16.6. The first-order valence-electron chi connectivity index (χ1n) is 16.9. The molecule has 0 radical (unpaired) electrons. The quantitative estimate of drug-likeness (QED) is 0.142. The minimum atomic E-state index is -1.15. The summed E-state index contributed by atoms with van der Waals surface area (Å²) in [7, 11) is 0. The van der Waals surface area contributed by atoms with Crippen molar-refractivity contribution in [1.82, 2.24) is 16.0 Å². The van der Waals surface area contributed by atoms with E-state index in [-0.39, 0.29) is 25.2 Å². The minimum absolute atomic E-state index is 0.0131. The van der Waals surface area contributed by atoms with Gasteiger partial charge in [-0.2, -0.15) is 0 Å². The maximum atomic E-state index is 14.1. The highest BCUT2D eigenvalue weighted by Crippen LogP contribution is 2.21. The first-order valence-corrected chi connectivity index (χ1v) is 16.9. The molecule has 10 heteroatoms. The van der Waals surface area contributed by atoms with Crippen LogP contribution in [-0.4, -0.2) is 58.8 Å². The fourth-order valence-corrected chi connectivity index (χ4v) is 5.55. The molecule has 0 aliphatic heterocycles. The summed E-state index contributed by atoms with van der Waals surface area (Å²) >= 11 is 0. The first-order chi connectivity index (χ1) is 23.3. The first kappa shape index (κ1) is 38.7. The predicted molar refractivity (Wildman–Crippen MR) is 190 cm³/mol. The molecular formula is C39H52N4O6. The lowest BCUT2D eigenvalue weighted by atomic mass is 9.88. The van der Waals surface area contributed by atoms with Crippen LogP contribution in [0.25, 0.3) is 0 Å². The summed E-state index contributed by atoms with van der Waals surface area (Å²) < 4.78 is 5.49. The third kappa shape index (κ3) is 13.4. The van der Waals surface area contributed by atoms with Gasteiger partial charge < -0.3 is 31.5 Å². The van der Waals surface area contributed by atoms with Gasteiger partial charge in [-0.25, -0.2) is 4.79 Å². The van der Waals surface area contributed by atoms with Gasteiger partial charge in [0.15, 0.2) is 0 Å². The molecule has 0 bridgehead atoms. The monoisotopic (exact) mass is 672 g/mol. The molecule has 0 heterocycles. The molecule has 0 saturated heterocycles. The van der Waals surface area contributed by atoms with Crippen LogP contribution >= 0.6 is 0 Å². The maximum Gasteiger partial charge on any atom is 0.407 e. The Balaban J connectivity index is 1.86. The average molecular weight is 673 g/mol. The number of ether oxygens (including phenoxy) is 1. The molecule has 0 saturated carbocycles. The van der Waals surface area contributed by atoms with Gasteiger partial charge in [0.2, 0.25) is 17.7 Å². The lowest BCUT2D eigenvalue weighted by Gasteiger charge is -2.31. The lowest BCUT2D eigenvalue weighted by Crippen LogP contribution is -2.56. The molecule has 4 amide bonds. The van der Waals surface area contributed by atoms with Gasteiger partial charge in [0.1, 0.15) is 17.7 Å². The number of carbonyl (C=O) groups excluding carboxylic acids is 4. The standard InChI is InChI=1S/C39H52N4O6/c1-6-26(2)34(37(47)41-32(35(40)45)24-29-20-14-9-15-21-29)43-36(46)30(22-27-16-10-7-11-17-27)25-33(44)31(23-28-18-12-8-13-19-28)42-38(48)49-39(3,4)5/h7-21,26,30-34,44H,6,22-25H2,1-5H3,(H2,40,45)(H,41,47)(H,42,48)(H,43,46)/t26-,30-,31-,32-,33+,34+/m0/s1. The van der Waals surface area contributed by atoms with E-state index in [1.807, 2.05) is 105 Å². The fraction of sp³-hybridized carbons (Fsp3) is 0.436. The van der Waals surface area contributed by atoms with E-state index in [9.17, 15) is 24.3 Å². The van der Waals surface area contributed by atoms with Gasteiger partial charge in [0.25, 0.3) is 0 Å². The number of amides is 4. The van der Waals surface area contributed by atoms with Crippen LogP contribution < -0.4 is 21.7 Å². The number of carbonyl (C=O) groups is 4. The van der Waals surface area contributed by atoms with Crippen LogP contribution in [0.5, 0.6) is 0 Å². The Morgan fingerprint density at radius 1 is 0.735 bits per heavy atom. The number of aliphatic hydroxyl groups is 1. The Morgan fingerprint density at radius 2 is 1.22 bits per heavy atom. The summed E-state index contributed by atoms with van der Waals surface area (Å²) in [5, 5.41) is 20.2. The molecule has 0 aliphatic carbocycles. The minimum Gasteiger partial charge on any atom is -0.444 e. The van der Waals surface area contributed by atoms with Gasteiger partial charge in [-0.3, -0.25) is 14.4 Å². The van der Waals surface area contributed by atoms with Crippen molar-refractivity contribution in [2.24, 2.45) is 17.6 Å². The molecule has 264 valence electrons. The molecule has 3 aromatic carbocycles. The molecule has 6 atom stereocenters. The van der Waals surface area contributed by atoms with Crippen LogP contribution in [-0.2, 0) is 38.4 Å². The van der Waals surface area contributed by atoms with E-state index >= 15 is 0 Å². The SMILES string of the molecule is CC[C@H](C)[C@@H](NC(=O)[C@@H](Cc1ccccc1)C[C@@H](O)[C@H](Cc1ccccc1)NC(=O)OC(C)(C)C)C(=O)N[C@@H](Cc1ccccc1)C(N)=O. The second-order valence-corrected chi connectivity index (χ2v) is 13.7. The molecule has 6 N–H and O–H groups in total. The van der Waals surface area contributed by atoms with Crippen molar-refractivity contribution in [2.75, 3.05) is 0 Å². The zero-order valence-electron chi connectivity index (χ0n) is 29.2. The maximum absolute atomic E-state index is 14.1. The van der Waals surface area contributed by atoms with E-state index in [1.54, 1.807) is 20.8 Å². The van der Waals surface area contributed by atoms with E-state index < -0.39 is 59.6 Å². The molecule has 3 rings (SSSR count). The van der Waals surface area contributed by atoms with Gasteiger partial charge in [0, 0.05) is 12.3 Å². The predicted octanol–water partition coefficient (Wildman–Crippen LogP) is 4.48. The van der Waals surface area contributed by atoms with Crippen LogP contribution in [0.2, 0.25) is 0 Å². The molecular weight excluding hydrogens is 620 g/mol. The van der Waals surface area contributed by atoms with Crippen molar-refractivity contribution < 1.29 is 29.0 Å². The molecule has 3 aromatic rings. The largest absolute Gasteiger partial charge is 0.444 e. The third-order valence-electron chi connectivity index (χ3n) is 8.42. The molecule has 0 aliphatic rings. The van der Waals surface area contributed by atoms with Gasteiger partial charge in [-0.1, -0.05) is 111 Å². The Hall–Kier alpha value is -4.70. The molecule has 0 aromatic heterocycles. The summed E-state index contributed by atoms with van der Waals surface area (Å²) in [5.74, 6) is -2.69. The summed E-state index contributed by atoms with van der Waals surface area (Å²) in [6, 6.07) is 25.4. The summed E-state index contributed by atoms with van der Waals surface area (Å²) in [4.78, 5) is 53.0. The van der Waals surface area contributed by atoms with Crippen LogP contribution in [0.3, 0.4) is 0 Å². The van der Waals surface area contributed by atoms with Crippen molar-refractivity contribution >= 4 is 23.8 Å². The van der Waals surface area contributed by atoms with Crippen LogP contribution in [0, 0.1) is 11.8 Å². The van der Waals surface area contributed by atoms with Crippen LogP contribution in [0.1, 0.15) is 64.2 Å². The number of benzene rings is 3. The van der Waals surface area contributed by atoms with E-state index in [0.717, 1.165) is 16.7 Å². The topological polar surface area (TPSA) is 160 Å². The van der Waals surface area contributed by atoms with Crippen molar-refractivity contribution in [3.8, 4) is 0 Å². The number of nitrogens with one attached hydrogen (secondary N) is 3. The Bertz CT molecular complexity index is 1480. The molecule has 49 heavy (non-hydrogen) atoms. The Morgan fingerprint density at radius 3 is 1.69 bits per heavy atom. The van der Waals surface area contributed by atoms with Gasteiger partial charge in [-0.15, -0.1) is 0 Å². The summed E-state index contributed by atoms with van der Waals surface area (Å²) in [6.45, 7) is 9.03. The van der Waals surface area contributed by atoms with Crippen molar-refractivity contribution in [3.05, 3.63) is 108 Å². The van der Waals surface area contributed by atoms with Crippen LogP contribution in [0.4, 0.5) is 4.79 Å². The smallest absolute Gasteiger partial charge is 0.407 e. The Labute approximate surface area is 290 Å². The van der Waals surface area contributed by atoms with Crippen molar-refractivity contribution in [1.29, 1.82) is 0 Å². The second kappa shape index (κ2) is 18.7. The highest BCUT2D eigenvalue weighted by Gasteiger charge is 2.34. The number of nitrogens with two attached hydrogens (primary N) is 1.